The maximum absolute atomic E-state index is 12.3. The van der Waals surface area contributed by atoms with E-state index in [0.29, 0.717) is 18.5 Å². The molecular weight excluding hydrogens is 292 g/mol. The number of piperidine rings is 1. The second-order valence-corrected chi connectivity index (χ2v) is 6.24. The van der Waals surface area contributed by atoms with Gasteiger partial charge < -0.3 is 11.1 Å². The number of pyridine rings is 1. The number of hydrogen-bond donors (Lipinski definition) is 3. The Morgan fingerprint density at radius 1 is 1.48 bits per heavy atom. The molecule has 0 spiro atoms. The highest BCUT2D eigenvalue weighted by Gasteiger charge is 2.27. The molecule has 112 valence electrons. The molecule has 2 rings (SSSR count). The van der Waals surface area contributed by atoms with Crippen LogP contribution in [0.15, 0.2) is 23.4 Å². The molecule has 1 aromatic rings. The molecule has 7 nitrogen and oxygen atoms in total. The molecule has 1 aliphatic rings. The second-order valence-electron chi connectivity index (χ2n) is 4.52. The molecule has 1 aliphatic heterocycles. The molecule has 1 saturated heterocycles. The summed E-state index contributed by atoms with van der Waals surface area (Å²) >= 11 is 0. The lowest BCUT2D eigenvalue weighted by atomic mass is 10.1. The number of hydrogen-bond acceptors (Lipinski definition) is 5. The Bertz CT molecular complexity index is 691. The van der Waals surface area contributed by atoms with Crippen LogP contribution < -0.4 is 15.8 Å². The van der Waals surface area contributed by atoms with Gasteiger partial charge in [-0.15, -0.1) is 0 Å². The highest BCUT2D eigenvalue weighted by molar-refractivity contribution is 7.89. The van der Waals surface area contributed by atoms with Crippen molar-refractivity contribution in [3.05, 3.63) is 24.0 Å². The van der Waals surface area contributed by atoms with Crippen molar-refractivity contribution in [1.29, 1.82) is 0 Å². The minimum Gasteiger partial charge on any atom is -0.355 e. The van der Waals surface area contributed by atoms with Gasteiger partial charge in [-0.1, -0.05) is 11.8 Å². The number of amides is 1. The van der Waals surface area contributed by atoms with Gasteiger partial charge in [-0.2, -0.15) is 4.72 Å². The Balaban J connectivity index is 2.21. The maximum Gasteiger partial charge on any atom is 0.242 e. The lowest BCUT2D eigenvalue weighted by Crippen LogP contribution is -2.50. The molecule has 8 heteroatoms. The molecule has 4 N–H and O–H groups in total. The van der Waals surface area contributed by atoms with E-state index >= 15 is 0 Å². The van der Waals surface area contributed by atoms with Crippen molar-refractivity contribution in [1.82, 2.24) is 15.0 Å². The second kappa shape index (κ2) is 6.67. The fourth-order valence-corrected chi connectivity index (χ4v) is 3.14. The third kappa shape index (κ3) is 4.01. The van der Waals surface area contributed by atoms with Gasteiger partial charge >= 0.3 is 0 Å². The van der Waals surface area contributed by atoms with Gasteiger partial charge in [-0.3, -0.25) is 9.78 Å². The van der Waals surface area contributed by atoms with E-state index < -0.39 is 16.1 Å². The molecule has 1 fully saturated rings. The molecule has 0 radical (unpaired) electrons. The molecule has 0 aromatic carbocycles. The zero-order valence-corrected chi connectivity index (χ0v) is 12.1. The number of rotatable bonds is 3. The first-order valence-electron chi connectivity index (χ1n) is 6.47. The van der Waals surface area contributed by atoms with Crippen molar-refractivity contribution >= 4 is 15.9 Å². The number of nitrogens with zero attached hydrogens (tertiary/aromatic N) is 1. The van der Waals surface area contributed by atoms with Gasteiger partial charge in [0.1, 0.15) is 10.9 Å². The predicted octanol–water partition coefficient (Wildman–Crippen LogP) is -1.05. The minimum absolute atomic E-state index is 0.0234. The minimum atomic E-state index is -3.81. The van der Waals surface area contributed by atoms with Gasteiger partial charge in [-0.25, -0.2) is 8.42 Å². The fraction of sp³-hybridized carbons (Fsp3) is 0.385. The Labute approximate surface area is 123 Å². The molecule has 0 bridgehead atoms. The van der Waals surface area contributed by atoms with Crippen molar-refractivity contribution in [3.8, 4) is 11.8 Å². The summed E-state index contributed by atoms with van der Waals surface area (Å²) in [6, 6.07) is 0.654. The summed E-state index contributed by atoms with van der Waals surface area (Å²) < 4.78 is 26.9. The number of sulfonamides is 1. The first-order chi connectivity index (χ1) is 10.0. The number of nitrogens with two attached hydrogens (primary N) is 1. The summed E-state index contributed by atoms with van der Waals surface area (Å²) in [6.45, 7) is 0.750. The molecule has 1 aromatic heterocycles. The van der Waals surface area contributed by atoms with E-state index in [-0.39, 0.29) is 17.3 Å². The van der Waals surface area contributed by atoms with Crippen LogP contribution in [0.4, 0.5) is 0 Å². The van der Waals surface area contributed by atoms with Crippen LogP contribution in [0.25, 0.3) is 0 Å². The zero-order valence-electron chi connectivity index (χ0n) is 11.3. The van der Waals surface area contributed by atoms with E-state index in [2.05, 4.69) is 26.9 Å². The Kier molecular flexibility index (Phi) is 4.90. The van der Waals surface area contributed by atoms with E-state index in [1.54, 1.807) is 0 Å². The molecule has 0 aliphatic carbocycles. The zero-order chi connectivity index (χ0) is 15.3. The number of aromatic nitrogens is 1. The highest BCUT2D eigenvalue weighted by atomic mass is 32.2. The lowest BCUT2D eigenvalue weighted by molar-refractivity contribution is -0.124. The van der Waals surface area contributed by atoms with Crippen molar-refractivity contribution in [2.45, 2.75) is 23.8 Å². The topological polar surface area (TPSA) is 114 Å². The quantitative estimate of drug-likeness (QED) is 0.616. The van der Waals surface area contributed by atoms with Crippen LogP contribution in [0.5, 0.6) is 0 Å². The smallest absolute Gasteiger partial charge is 0.242 e. The normalized spacial score (nSPS) is 18.5. The molecule has 1 unspecified atom stereocenters. The third-order valence-corrected chi connectivity index (χ3v) is 4.38. The van der Waals surface area contributed by atoms with Crippen LogP contribution in [0.3, 0.4) is 0 Å². The predicted molar refractivity (Wildman–Crippen MR) is 76.5 cm³/mol. The van der Waals surface area contributed by atoms with Gasteiger partial charge in [0.2, 0.25) is 15.9 Å². The monoisotopic (exact) mass is 308 g/mol. The third-order valence-electron chi connectivity index (χ3n) is 2.94. The number of carbonyl (C=O) groups is 1. The Hall–Kier alpha value is -1.95. The van der Waals surface area contributed by atoms with Crippen molar-refractivity contribution in [3.63, 3.8) is 0 Å². The van der Waals surface area contributed by atoms with Crippen molar-refractivity contribution in [2.24, 2.45) is 5.73 Å². The summed E-state index contributed by atoms with van der Waals surface area (Å²) in [5.41, 5.74) is 5.73. The summed E-state index contributed by atoms with van der Waals surface area (Å²) in [5.74, 6) is 5.04. The van der Waals surface area contributed by atoms with E-state index in [1.807, 2.05) is 0 Å². The Morgan fingerprint density at radius 3 is 3.00 bits per heavy atom. The fourth-order valence-electron chi connectivity index (χ4n) is 1.93. The van der Waals surface area contributed by atoms with E-state index in [0.717, 1.165) is 6.42 Å². The number of carbonyl (C=O) groups excluding carboxylic acids is 1. The van der Waals surface area contributed by atoms with E-state index in [9.17, 15) is 13.2 Å². The SMILES string of the molecule is NCC#Cc1cncc(S(=O)(=O)NC2CCCNC2=O)c1. The maximum atomic E-state index is 12.3. The van der Waals surface area contributed by atoms with Crippen molar-refractivity contribution in [2.75, 3.05) is 13.1 Å². The highest BCUT2D eigenvalue weighted by Crippen LogP contribution is 2.12. The van der Waals surface area contributed by atoms with Gasteiger partial charge in [-0.05, 0) is 18.9 Å². The first kappa shape index (κ1) is 15.4. The molecule has 2 heterocycles. The molecule has 1 atom stereocenters. The molecule has 1 amide bonds. The van der Waals surface area contributed by atoms with Gasteiger partial charge in [0.15, 0.2) is 0 Å². The lowest BCUT2D eigenvalue weighted by Gasteiger charge is -2.22. The standard InChI is InChI=1S/C13H16N4O3S/c14-5-1-3-10-7-11(9-15-8-10)21(19,20)17-12-4-2-6-16-13(12)18/h7-9,12,17H,2,4-6,14H2,(H,16,18). The summed E-state index contributed by atoms with van der Waals surface area (Å²) in [5, 5.41) is 2.63. The summed E-state index contributed by atoms with van der Waals surface area (Å²) in [6.07, 6.45) is 3.88. The van der Waals surface area contributed by atoms with Crippen LogP contribution in [-0.2, 0) is 14.8 Å². The molecule has 0 saturated carbocycles. The Morgan fingerprint density at radius 2 is 2.29 bits per heavy atom. The van der Waals surface area contributed by atoms with Crippen LogP contribution in [0, 0.1) is 11.8 Å². The van der Waals surface area contributed by atoms with Gasteiger partial charge in [0.05, 0.1) is 6.54 Å². The summed E-state index contributed by atoms with van der Waals surface area (Å²) in [4.78, 5) is 15.5. The summed E-state index contributed by atoms with van der Waals surface area (Å²) in [7, 11) is -3.81. The van der Waals surface area contributed by atoms with Crippen LogP contribution >= 0.6 is 0 Å². The van der Waals surface area contributed by atoms with Crippen LogP contribution in [0.1, 0.15) is 18.4 Å². The first-order valence-corrected chi connectivity index (χ1v) is 7.95. The van der Waals surface area contributed by atoms with Crippen LogP contribution in [0.2, 0.25) is 0 Å². The largest absolute Gasteiger partial charge is 0.355 e. The van der Waals surface area contributed by atoms with Crippen LogP contribution in [-0.4, -0.2) is 38.4 Å². The van der Waals surface area contributed by atoms with E-state index in [4.69, 9.17) is 5.73 Å². The average Bonchev–Trinajstić information content (AvgIpc) is 2.48. The van der Waals surface area contributed by atoms with Crippen molar-refractivity contribution < 1.29 is 13.2 Å². The number of nitrogens with one attached hydrogen (secondary N) is 2. The molecule has 21 heavy (non-hydrogen) atoms. The van der Waals surface area contributed by atoms with E-state index in [1.165, 1.54) is 18.5 Å². The van der Waals surface area contributed by atoms with Gasteiger partial charge in [0.25, 0.3) is 0 Å². The van der Waals surface area contributed by atoms with Gasteiger partial charge in [0, 0.05) is 24.5 Å². The average molecular weight is 308 g/mol. The molecular formula is C13H16N4O3S.